The van der Waals surface area contributed by atoms with Crippen LogP contribution in [-0.2, 0) is 19.1 Å². The summed E-state index contributed by atoms with van der Waals surface area (Å²) in [6.45, 7) is 12.0. The number of benzene rings is 4. The van der Waals surface area contributed by atoms with E-state index in [1.807, 2.05) is 0 Å². The van der Waals surface area contributed by atoms with Crippen LogP contribution >= 0.6 is 58.3 Å². The third-order valence-electron chi connectivity index (χ3n) is 10.2. The highest BCUT2D eigenvalue weighted by Crippen LogP contribution is 2.42. The van der Waals surface area contributed by atoms with Gasteiger partial charge in [0.2, 0.25) is 0 Å². The van der Waals surface area contributed by atoms with E-state index in [2.05, 4.69) is 117 Å². The number of carbonyl (C=O) groups is 2. The zero-order valence-electron chi connectivity index (χ0n) is 36.3. The summed E-state index contributed by atoms with van der Waals surface area (Å²) in [5.74, 6) is -0.349. The number of rotatable bonds is 12. The number of aliphatic hydroxyl groups excluding tert-OH is 2. The first-order valence-electron chi connectivity index (χ1n) is 21.3. The zero-order valence-corrected chi connectivity index (χ0v) is 40.2. The Labute approximate surface area is 409 Å². The Morgan fingerprint density at radius 2 is 0.879 bits per heavy atom. The van der Waals surface area contributed by atoms with E-state index in [1.165, 1.54) is 30.7 Å². The largest absolute Gasteiger partial charge is 0.478 e. The quantitative estimate of drug-likeness (QED) is 0.0629. The molecule has 0 aliphatic carbocycles. The van der Waals surface area contributed by atoms with Gasteiger partial charge in [0.05, 0.1) is 51.0 Å². The van der Waals surface area contributed by atoms with E-state index >= 15 is 0 Å². The number of carboxylic acid groups (broad SMARTS) is 2. The third kappa shape index (κ3) is 17.5. The number of carboxylic acids is 2. The smallest absolute Gasteiger partial charge is 0.328 e. The van der Waals surface area contributed by atoms with E-state index in [1.54, 1.807) is 23.5 Å². The van der Waals surface area contributed by atoms with Gasteiger partial charge in [-0.2, -0.15) is 0 Å². The second-order valence-corrected chi connectivity index (χ2v) is 18.7. The zero-order chi connectivity index (χ0) is 47.1. The predicted octanol–water partition coefficient (Wildman–Crippen LogP) is 7.41. The second-order valence-electron chi connectivity index (χ2n) is 14.6. The van der Waals surface area contributed by atoms with E-state index in [-0.39, 0.29) is 13.2 Å². The summed E-state index contributed by atoms with van der Waals surface area (Å²) in [6.07, 6.45) is 1.12. The molecule has 0 unspecified atom stereocenters. The lowest BCUT2D eigenvalue weighted by Gasteiger charge is -2.36. The van der Waals surface area contributed by atoms with Gasteiger partial charge in [-0.15, -0.1) is 0 Å². The van der Waals surface area contributed by atoms with Gasteiger partial charge < -0.3 is 39.7 Å². The minimum Gasteiger partial charge on any atom is -0.478 e. The number of amidine groups is 2. The highest BCUT2D eigenvalue weighted by Gasteiger charge is 2.27. The molecule has 0 radical (unpaired) electrons. The monoisotopic (exact) mass is 1000 g/mol. The van der Waals surface area contributed by atoms with Crippen LogP contribution in [0.1, 0.15) is 11.1 Å². The molecule has 0 amide bonds. The number of aliphatic imine (C=N–C) groups is 2. The van der Waals surface area contributed by atoms with E-state index < -0.39 is 16.2 Å². The highest BCUT2D eigenvalue weighted by atomic mass is 35.6. The normalized spacial score (nSPS) is 15.7. The molecule has 4 N–H and O–H groups in total. The van der Waals surface area contributed by atoms with Crippen molar-refractivity contribution in [2.45, 2.75) is 23.9 Å². The van der Waals surface area contributed by atoms with Crippen molar-refractivity contribution < 1.29 is 39.5 Å². The Kier molecular flexibility index (Phi) is 23.1. The number of piperazine rings is 2. The second kappa shape index (κ2) is 28.9. The molecule has 4 aliphatic heterocycles. The number of fused-ring (bicyclic) bond motifs is 4. The van der Waals surface area contributed by atoms with Gasteiger partial charge in [-0.25, -0.2) is 19.6 Å². The van der Waals surface area contributed by atoms with Gasteiger partial charge in [0.1, 0.15) is 11.7 Å². The number of para-hydroxylation sites is 2. The molecular weight excluding hydrogens is 947 g/mol. The van der Waals surface area contributed by atoms with Crippen LogP contribution < -0.4 is 0 Å². The van der Waals surface area contributed by atoms with Crippen LogP contribution in [0.2, 0.25) is 0 Å². The van der Waals surface area contributed by atoms with E-state index in [0.29, 0.717) is 38.6 Å². The maximum atomic E-state index is 9.55. The number of aliphatic carboxylic acids is 2. The number of hydrogen-bond acceptors (Lipinski definition) is 14. The molecule has 14 nitrogen and oxygen atoms in total. The topological polar surface area (TPSA) is 171 Å². The minimum atomic E-state index is -1.26. The fourth-order valence-electron chi connectivity index (χ4n) is 7.05. The molecule has 0 aromatic heterocycles. The van der Waals surface area contributed by atoms with Crippen molar-refractivity contribution in [1.82, 2.24) is 19.6 Å². The first-order valence-corrected chi connectivity index (χ1v) is 24.3. The lowest BCUT2D eigenvalue weighted by molar-refractivity contribution is -0.134. The van der Waals surface area contributed by atoms with Crippen LogP contribution in [0.25, 0.3) is 0 Å². The van der Waals surface area contributed by atoms with Crippen molar-refractivity contribution in [3.05, 3.63) is 120 Å². The lowest BCUT2D eigenvalue weighted by Crippen LogP contribution is -2.49. The molecule has 2 saturated heterocycles. The number of alkyl halides is 3. The fraction of sp³-hybridized carbons (Fsp3) is 0.362. The van der Waals surface area contributed by atoms with Crippen molar-refractivity contribution in [2.75, 3.05) is 105 Å². The first kappa shape index (κ1) is 52.8. The van der Waals surface area contributed by atoms with Crippen molar-refractivity contribution >= 4 is 93.3 Å². The molecule has 354 valence electrons. The summed E-state index contributed by atoms with van der Waals surface area (Å²) < 4.78 is 10.0. The van der Waals surface area contributed by atoms with Crippen LogP contribution in [0, 0.1) is 0 Å². The Bertz CT molecular complexity index is 2090. The summed E-state index contributed by atoms with van der Waals surface area (Å²) in [5.41, 5.74) is 4.54. The Morgan fingerprint density at radius 1 is 0.545 bits per heavy atom. The van der Waals surface area contributed by atoms with Crippen LogP contribution in [0.5, 0.6) is 0 Å². The number of ether oxygens (including phenoxy) is 2. The number of nitrogens with zero attached hydrogens (tertiary/aromatic N) is 6. The molecule has 66 heavy (non-hydrogen) atoms. The molecule has 19 heteroatoms. The molecule has 0 saturated carbocycles. The molecular formula is C47H55Cl3N6O8S2. The van der Waals surface area contributed by atoms with Gasteiger partial charge in [0.15, 0.2) is 4.30 Å². The average molecular weight is 1000 g/mol. The fourth-order valence-corrected chi connectivity index (χ4v) is 9.09. The van der Waals surface area contributed by atoms with Gasteiger partial charge in [0, 0.05) is 108 Å². The summed E-state index contributed by atoms with van der Waals surface area (Å²) in [5, 5.41) is 33.2. The van der Waals surface area contributed by atoms with Crippen LogP contribution in [0.15, 0.2) is 139 Å². The Hall–Kier alpha value is -4.17. The first-order chi connectivity index (χ1) is 32.1. The summed E-state index contributed by atoms with van der Waals surface area (Å²) in [4.78, 5) is 43.8. The minimum absolute atomic E-state index is 0.0898. The average Bonchev–Trinajstić information content (AvgIpc) is 3.60. The van der Waals surface area contributed by atoms with Crippen LogP contribution in [-0.4, -0.2) is 173 Å². The Morgan fingerprint density at radius 3 is 1.23 bits per heavy atom. The van der Waals surface area contributed by atoms with Crippen LogP contribution in [0.4, 0.5) is 11.4 Å². The van der Waals surface area contributed by atoms with Gasteiger partial charge in [-0.1, -0.05) is 119 Å². The highest BCUT2D eigenvalue weighted by molar-refractivity contribution is 7.99. The summed E-state index contributed by atoms with van der Waals surface area (Å²) in [7, 11) is 0. The molecule has 8 rings (SSSR count). The summed E-state index contributed by atoms with van der Waals surface area (Å²) >= 11 is 18.0. The Balaban J connectivity index is 0.000000199. The maximum Gasteiger partial charge on any atom is 0.328 e. The van der Waals surface area contributed by atoms with E-state index in [9.17, 15) is 9.59 Å². The van der Waals surface area contributed by atoms with Crippen molar-refractivity contribution in [1.29, 1.82) is 0 Å². The lowest BCUT2D eigenvalue weighted by atomic mass is 10.1. The number of aliphatic hydroxyl groups is 2. The van der Waals surface area contributed by atoms with Crippen molar-refractivity contribution in [2.24, 2.45) is 9.98 Å². The molecule has 0 atom stereocenters. The molecule has 0 bridgehead atoms. The van der Waals surface area contributed by atoms with Gasteiger partial charge >= 0.3 is 11.9 Å². The third-order valence-corrected chi connectivity index (χ3v) is 12.4. The van der Waals surface area contributed by atoms with Crippen molar-refractivity contribution in [3.8, 4) is 0 Å². The molecule has 4 aliphatic rings. The standard InChI is InChI=1S/2C21H25N3O2S.C4H4O4.CHCl3/c2*25-14-16-26-15-13-23-9-11-24(12-10-23)21-17-5-1-3-7-19(17)27-20-8-4-2-6-18(20)22-21;5-3(6)1-2-4(7)8;2-1(3)4/h2*1-8,25H,9-16H2;1-2H,(H,5,6)(H,7,8);1H/b;;2-1+;. The van der Waals surface area contributed by atoms with Gasteiger partial charge in [-0.3, -0.25) is 9.80 Å². The van der Waals surface area contributed by atoms with Crippen molar-refractivity contribution in [3.63, 3.8) is 0 Å². The SMILES string of the molecule is ClC(Cl)Cl.O=C(O)/C=C/C(=O)O.OCCOCCN1CCN(C2=Nc3ccccc3Sc3ccccc32)CC1.OCCOCCN1CCN(C2=Nc3ccccc3Sc3ccccc32)CC1. The summed E-state index contributed by atoms with van der Waals surface area (Å²) in [6, 6.07) is 33.9. The molecule has 4 heterocycles. The maximum absolute atomic E-state index is 9.55. The number of hydrogen-bond donors (Lipinski definition) is 4. The molecule has 4 aromatic carbocycles. The van der Waals surface area contributed by atoms with Gasteiger partial charge in [-0.05, 0) is 36.4 Å². The van der Waals surface area contributed by atoms with Crippen LogP contribution in [0.3, 0.4) is 0 Å². The molecule has 0 spiro atoms. The predicted molar refractivity (Wildman–Crippen MR) is 264 cm³/mol. The molecule has 4 aromatic rings. The van der Waals surface area contributed by atoms with Gasteiger partial charge in [0.25, 0.3) is 0 Å². The van der Waals surface area contributed by atoms with E-state index in [0.717, 1.165) is 88.5 Å². The van der Waals surface area contributed by atoms with E-state index in [4.69, 9.17) is 74.7 Å². The number of halogens is 3. The molecule has 2 fully saturated rings.